The summed E-state index contributed by atoms with van der Waals surface area (Å²) >= 11 is 0. The molecule has 3 aromatic carbocycles. The molecule has 0 atom stereocenters. The maximum atomic E-state index is 2.55. The fourth-order valence-corrected chi connectivity index (χ4v) is 6.71. The molecule has 226 valence electrons. The summed E-state index contributed by atoms with van der Waals surface area (Å²) in [4.78, 5) is 5.09. The molecule has 2 fully saturated rings. The number of aryl methyl sites for hydroxylation is 2. The van der Waals surface area contributed by atoms with Crippen LogP contribution in [0.3, 0.4) is 0 Å². The third-order valence-electron chi connectivity index (χ3n) is 9.15. The minimum absolute atomic E-state index is 0. The highest BCUT2D eigenvalue weighted by atomic mass is 127. The van der Waals surface area contributed by atoms with E-state index in [2.05, 4.69) is 142 Å². The minimum Gasteiger partial charge on any atom is -1.00 e. The highest BCUT2D eigenvalue weighted by Crippen LogP contribution is 2.30. The molecule has 6 heteroatoms. The van der Waals surface area contributed by atoms with Crippen LogP contribution in [0.1, 0.15) is 48.2 Å². The lowest BCUT2D eigenvalue weighted by Gasteiger charge is -2.19. The van der Waals surface area contributed by atoms with Crippen molar-refractivity contribution in [3.8, 4) is 0 Å². The SMILES string of the molecule is C[n+]1c(/C=C/c2ccc(/C=C/c3cc(N4CCCC4)c4ccccc4[n+]3C)cc2)cc(N2CCCC2)c2ccccc21.[I-].[I-]. The van der Waals surface area contributed by atoms with Crippen LogP contribution in [0.5, 0.6) is 0 Å². The van der Waals surface area contributed by atoms with Gasteiger partial charge in [-0.3, -0.25) is 0 Å². The van der Waals surface area contributed by atoms with Crippen LogP contribution in [-0.4, -0.2) is 26.2 Å². The maximum absolute atomic E-state index is 2.55. The number of para-hydroxylation sites is 2. The fourth-order valence-electron chi connectivity index (χ4n) is 6.71. The zero-order valence-corrected chi connectivity index (χ0v) is 29.9. The second-order valence-electron chi connectivity index (χ2n) is 11.8. The van der Waals surface area contributed by atoms with Gasteiger partial charge in [-0.15, -0.1) is 0 Å². The van der Waals surface area contributed by atoms with Crippen molar-refractivity contribution in [2.75, 3.05) is 36.0 Å². The van der Waals surface area contributed by atoms with E-state index in [0.717, 1.165) is 26.2 Å². The molecule has 0 spiro atoms. The average Bonchev–Trinajstić information content (AvgIpc) is 3.77. The number of hydrogen-bond acceptors (Lipinski definition) is 2. The van der Waals surface area contributed by atoms with Crippen molar-refractivity contribution >= 4 is 57.5 Å². The number of nitrogens with zero attached hydrogens (tertiary/aromatic N) is 4. The van der Waals surface area contributed by atoms with Crippen molar-refractivity contribution in [1.82, 2.24) is 0 Å². The Kier molecular flexibility index (Phi) is 10.6. The van der Waals surface area contributed by atoms with E-state index in [-0.39, 0.29) is 48.0 Å². The zero-order valence-electron chi connectivity index (χ0n) is 25.6. The minimum atomic E-state index is 0. The Morgan fingerprint density at radius 3 is 1.25 bits per heavy atom. The van der Waals surface area contributed by atoms with E-state index in [1.807, 2.05) is 0 Å². The van der Waals surface area contributed by atoms with Gasteiger partial charge in [0.05, 0.1) is 22.1 Å². The van der Waals surface area contributed by atoms with Gasteiger partial charge in [0.15, 0.2) is 0 Å². The number of benzene rings is 3. The Bertz CT molecular complexity index is 1680. The number of rotatable bonds is 6. The molecular formula is C38H40I2N4. The van der Waals surface area contributed by atoms with Gasteiger partial charge in [0.2, 0.25) is 22.4 Å². The van der Waals surface area contributed by atoms with Crippen molar-refractivity contribution in [3.05, 3.63) is 107 Å². The first-order chi connectivity index (χ1) is 20.7. The number of fused-ring (bicyclic) bond motifs is 2. The predicted molar refractivity (Wildman–Crippen MR) is 177 cm³/mol. The third kappa shape index (κ3) is 6.52. The van der Waals surface area contributed by atoms with Gasteiger partial charge < -0.3 is 57.8 Å². The predicted octanol–water partition coefficient (Wildman–Crippen LogP) is 1.19. The first kappa shape index (κ1) is 32.4. The van der Waals surface area contributed by atoms with E-state index in [9.17, 15) is 0 Å². The largest absolute Gasteiger partial charge is 1.00 e. The Morgan fingerprint density at radius 1 is 0.500 bits per heavy atom. The van der Waals surface area contributed by atoms with Crippen LogP contribution >= 0.6 is 0 Å². The quantitative estimate of drug-likeness (QED) is 0.190. The highest BCUT2D eigenvalue weighted by molar-refractivity contribution is 5.92. The van der Waals surface area contributed by atoms with E-state index >= 15 is 0 Å². The smallest absolute Gasteiger partial charge is 0.214 e. The van der Waals surface area contributed by atoms with Crippen molar-refractivity contribution in [3.63, 3.8) is 0 Å². The molecular weight excluding hydrogens is 766 g/mol. The van der Waals surface area contributed by atoms with Gasteiger partial charge in [0.25, 0.3) is 0 Å². The molecule has 0 N–H and O–H groups in total. The van der Waals surface area contributed by atoms with Gasteiger partial charge in [-0.25, -0.2) is 0 Å². The Morgan fingerprint density at radius 2 is 0.864 bits per heavy atom. The molecule has 2 aliphatic rings. The van der Waals surface area contributed by atoms with Crippen molar-refractivity contribution in [1.29, 1.82) is 0 Å². The molecule has 44 heavy (non-hydrogen) atoms. The van der Waals surface area contributed by atoms with Gasteiger partial charge in [0, 0.05) is 62.6 Å². The second kappa shape index (κ2) is 14.4. The van der Waals surface area contributed by atoms with Crippen LogP contribution in [0.2, 0.25) is 0 Å². The summed E-state index contributed by atoms with van der Waals surface area (Å²) < 4.78 is 4.62. The van der Waals surface area contributed by atoms with Crippen LogP contribution in [-0.2, 0) is 14.1 Å². The van der Waals surface area contributed by atoms with E-state index < -0.39 is 0 Å². The molecule has 2 saturated heterocycles. The lowest BCUT2D eigenvalue weighted by Crippen LogP contribution is -3.00. The van der Waals surface area contributed by atoms with Gasteiger partial charge in [0.1, 0.15) is 14.1 Å². The standard InChI is InChI=1S/C38H40N4.2HI/c1-39-31(27-37(41-23-7-8-24-41)33-11-3-5-13-35(33)39)21-19-29-15-17-30(18-16-29)20-22-32-28-38(42-25-9-10-26-42)34-12-4-6-14-36(34)40(32)2;;/h3-6,11-22,27-28H,7-10,23-26H2,1-2H3;2*1H/q+2;;/p-2/b21-19+,22-20+;;. The van der Waals surface area contributed by atoms with Crippen molar-refractivity contribution in [2.45, 2.75) is 25.7 Å². The molecule has 5 aromatic rings. The highest BCUT2D eigenvalue weighted by Gasteiger charge is 2.22. The van der Waals surface area contributed by atoms with Gasteiger partial charge in [-0.1, -0.05) is 48.5 Å². The van der Waals surface area contributed by atoms with Gasteiger partial charge in [-0.05, 0) is 61.1 Å². The summed E-state index contributed by atoms with van der Waals surface area (Å²) in [6.45, 7) is 4.58. The van der Waals surface area contributed by atoms with Crippen molar-refractivity contribution in [2.24, 2.45) is 14.1 Å². The topological polar surface area (TPSA) is 14.2 Å². The second-order valence-corrected chi connectivity index (χ2v) is 11.8. The van der Waals surface area contributed by atoms with Crippen LogP contribution < -0.4 is 66.9 Å². The molecule has 0 aliphatic carbocycles. The molecule has 0 bridgehead atoms. The van der Waals surface area contributed by atoms with E-state index in [0.29, 0.717) is 0 Å². The Balaban J connectivity index is 0.00000192. The van der Waals surface area contributed by atoms with Crippen LogP contribution in [0.25, 0.3) is 46.1 Å². The average molecular weight is 807 g/mol. The number of pyridine rings is 2. The molecule has 0 saturated carbocycles. The first-order valence-corrected chi connectivity index (χ1v) is 15.5. The van der Waals surface area contributed by atoms with E-state index in [4.69, 9.17) is 0 Å². The number of anilines is 2. The van der Waals surface area contributed by atoms with Gasteiger partial charge in [-0.2, -0.15) is 9.13 Å². The number of aromatic nitrogens is 2. The molecule has 0 amide bonds. The Hall–Kier alpha value is -2.98. The molecule has 2 aromatic heterocycles. The summed E-state index contributed by atoms with van der Waals surface area (Å²) in [5.41, 5.74) is 10.1. The fraction of sp³-hybridized carbons (Fsp3) is 0.263. The summed E-state index contributed by atoms with van der Waals surface area (Å²) in [5, 5.41) is 2.67. The summed E-state index contributed by atoms with van der Waals surface area (Å²) in [7, 11) is 4.34. The van der Waals surface area contributed by atoms with Crippen LogP contribution in [0.15, 0.2) is 84.9 Å². The normalized spacial score (nSPS) is 15.0. The van der Waals surface area contributed by atoms with Gasteiger partial charge >= 0.3 is 0 Å². The summed E-state index contributed by atoms with van der Waals surface area (Å²) in [6.07, 6.45) is 14.1. The first-order valence-electron chi connectivity index (χ1n) is 15.5. The molecule has 2 aliphatic heterocycles. The number of halogens is 2. The molecule has 0 unspecified atom stereocenters. The monoisotopic (exact) mass is 806 g/mol. The molecule has 7 rings (SSSR count). The van der Waals surface area contributed by atoms with E-state index in [1.54, 1.807) is 0 Å². The summed E-state index contributed by atoms with van der Waals surface area (Å²) in [6, 6.07) is 31.2. The van der Waals surface area contributed by atoms with E-state index in [1.165, 1.54) is 81.4 Å². The Labute approximate surface area is 295 Å². The van der Waals surface area contributed by atoms with Crippen molar-refractivity contribution < 1.29 is 57.1 Å². The van der Waals surface area contributed by atoms with Crippen LogP contribution in [0.4, 0.5) is 11.4 Å². The molecule has 0 radical (unpaired) electrons. The molecule has 4 nitrogen and oxygen atoms in total. The lowest BCUT2D eigenvalue weighted by atomic mass is 10.1. The maximum Gasteiger partial charge on any atom is 0.214 e. The zero-order chi connectivity index (χ0) is 28.5. The summed E-state index contributed by atoms with van der Waals surface area (Å²) in [5.74, 6) is 0. The van der Waals surface area contributed by atoms with Crippen LogP contribution in [0, 0.1) is 0 Å². The number of hydrogen-bond donors (Lipinski definition) is 0. The lowest BCUT2D eigenvalue weighted by molar-refractivity contribution is -0.646. The molecule has 4 heterocycles. The third-order valence-corrected chi connectivity index (χ3v) is 9.15.